The zero-order valence-corrected chi connectivity index (χ0v) is 15.1. The average molecular weight is 363 g/mol. The van der Waals surface area contributed by atoms with Crippen molar-refractivity contribution in [2.45, 2.75) is 20.0 Å². The zero-order valence-electron chi connectivity index (χ0n) is 14.3. The van der Waals surface area contributed by atoms with Crippen LogP contribution < -0.4 is 5.32 Å². The summed E-state index contributed by atoms with van der Waals surface area (Å²) in [5.41, 5.74) is 1.61. The molecule has 134 valence electrons. The summed E-state index contributed by atoms with van der Waals surface area (Å²) >= 11 is 0. The molecule has 1 aliphatic heterocycles. The molecule has 3 nitrogen and oxygen atoms in total. The maximum atomic E-state index is 14.0. The third kappa shape index (κ3) is 4.80. The third-order valence-corrected chi connectivity index (χ3v) is 4.76. The van der Waals surface area contributed by atoms with Crippen LogP contribution in [0.4, 0.5) is 4.39 Å². The number of hydrogen-bond donors (Lipinski definition) is 1. The van der Waals surface area contributed by atoms with Gasteiger partial charge in [0.25, 0.3) is 0 Å². The van der Waals surface area contributed by atoms with Gasteiger partial charge >= 0.3 is 0 Å². The lowest BCUT2D eigenvalue weighted by atomic mass is 9.87. The second-order valence-corrected chi connectivity index (χ2v) is 6.48. The van der Waals surface area contributed by atoms with Crippen LogP contribution in [0.1, 0.15) is 18.1 Å². The molecule has 0 aromatic heterocycles. The van der Waals surface area contributed by atoms with E-state index in [2.05, 4.69) is 5.32 Å². The lowest BCUT2D eigenvalue weighted by Gasteiger charge is -2.35. The molecule has 1 saturated heterocycles. The SMILES string of the molecule is CC(C(=O)N(Cc1ccccc1)Cc1ccccc1F)C1CNC1.Cl. The molecule has 1 unspecified atom stereocenters. The second-order valence-electron chi connectivity index (χ2n) is 6.48. The van der Waals surface area contributed by atoms with E-state index >= 15 is 0 Å². The molecule has 0 radical (unpaired) electrons. The summed E-state index contributed by atoms with van der Waals surface area (Å²) in [6, 6.07) is 16.5. The molecule has 0 saturated carbocycles. The van der Waals surface area contributed by atoms with Gasteiger partial charge in [0, 0.05) is 24.6 Å². The van der Waals surface area contributed by atoms with Crippen molar-refractivity contribution in [3.8, 4) is 0 Å². The van der Waals surface area contributed by atoms with Crippen LogP contribution in [-0.2, 0) is 17.9 Å². The Morgan fingerprint density at radius 3 is 2.36 bits per heavy atom. The monoisotopic (exact) mass is 362 g/mol. The van der Waals surface area contributed by atoms with Gasteiger partial charge in [-0.05, 0) is 30.6 Å². The first-order valence-corrected chi connectivity index (χ1v) is 8.42. The highest BCUT2D eigenvalue weighted by Gasteiger charge is 2.31. The normalized spacial score (nSPS) is 15.0. The van der Waals surface area contributed by atoms with Gasteiger partial charge in [0.1, 0.15) is 5.82 Å². The smallest absolute Gasteiger partial charge is 0.226 e. The van der Waals surface area contributed by atoms with Crippen LogP contribution >= 0.6 is 12.4 Å². The van der Waals surface area contributed by atoms with E-state index in [0.717, 1.165) is 18.7 Å². The fourth-order valence-electron chi connectivity index (χ4n) is 3.00. The van der Waals surface area contributed by atoms with Gasteiger partial charge in [0.2, 0.25) is 5.91 Å². The Hall–Kier alpha value is -1.91. The van der Waals surface area contributed by atoms with Crippen LogP contribution in [0.15, 0.2) is 54.6 Å². The number of benzene rings is 2. The average Bonchev–Trinajstić information content (AvgIpc) is 2.55. The number of halogens is 2. The quantitative estimate of drug-likeness (QED) is 0.851. The molecule has 1 fully saturated rings. The number of amides is 1. The van der Waals surface area contributed by atoms with Gasteiger partial charge in [-0.15, -0.1) is 12.4 Å². The first-order valence-electron chi connectivity index (χ1n) is 8.42. The number of rotatable bonds is 6. The molecule has 0 bridgehead atoms. The van der Waals surface area contributed by atoms with Crippen LogP contribution in [0, 0.1) is 17.7 Å². The Morgan fingerprint density at radius 2 is 1.76 bits per heavy atom. The summed E-state index contributed by atoms with van der Waals surface area (Å²) in [6.45, 7) is 4.54. The second kappa shape index (κ2) is 8.97. The first kappa shape index (κ1) is 19.4. The Bertz CT molecular complexity index is 691. The summed E-state index contributed by atoms with van der Waals surface area (Å²) in [5, 5.41) is 3.21. The minimum absolute atomic E-state index is 0. The predicted molar refractivity (Wildman–Crippen MR) is 99.9 cm³/mol. The van der Waals surface area contributed by atoms with Gasteiger partial charge in [-0.1, -0.05) is 55.5 Å². The largest absolute Gasteiger partial charge is 0.334 e. The predicted octanol–water partition coefficient (Wildman–Crippen LogP) is 3.63. The van der Waals surface area contributed by atoms with E-state index in [1.54, 1.807) is 17.0 Å². The van der Waals surface area contributed by atoms with E-state index in [-0.39, 0.29) is 30.0 Å². The van der Waals surface area contributed by atoms with Gasteiger partial charge in [0.15, 0.2) is 0 Å². The number of carbonyl (C=O) groups is 1. The summed E-state index contributed by atoms with van der Waals surface area (Å²) in [7, 11) is 0. The lowest BCUT2D eigenvalue weighted by Crippen LogP contribution is -2.50. The van der Waals surface area contributed by atoms with Crippen molar-refractivity contribution in [1.29, 1.82) is 0 Å². The number of nitrogens with one attached hydrogen (secondary N) is 1. The van der Waals surface area contributed by atoms with Gasteiger partial charge in [-0.25, -0.2) is 4.39 Å². The molecule has 3 rings (SSSR count). The van der Waals surface area contributed by atoms with Crippen LogP contribution in [0.3, 0.4) is 0 Å². The van der Waals surface area contributed by atoms with Crippen molar-refractivity contribution in [2.24, 2.45) is 11.8 Å². The van der Waals surface area contributed by atoms with Gasteiger partial charge < -0.3 is 10.2 Å². The van der Waals surface area contributed by atoms with E-state index in [9.17, 15) is 9.18 Å². The van der Waals surface area contributed by atoms with Crippen molar-refractivity contribution in [3.05, 3.63) is 71.5 Å². The van der Waals surface area contributed by atoms with Crippen molar-refractivity contribution >= 4 is 18.3 Å². The molecule has 0 spiro atoms. The van der Waals surface area contributed by atoms with Crippen LogP contribution in [0.5, 0.6) is 0 Å². The molecular weight excluding hydrogens is 339 g/mol. The van der Waals surface area contributed by atoms with E-state index in [1.165, 1.54) is 6.07 Å². The molecule has 5 heteroatoms. The summed E-state index contributed by atoms with van der Waals surface area (Å²) in [4.78, 5) is 14.7. The van der Waals surface area contributed by atoms with E-state index in [0.29, 0.717) is 24.6 Å². The van der Waals surface area contributed by atoms with Crippen LogP contribution in [0.2, 0.25) is 0 Å². The highest BCUT2D eigenvalue weighted by Crippen LogP contribution is 2.22. The molecule has 1 amide bonds. The Labute approximate surface area is 154 Å². The Kier molecular flexibility index (Phi) is 6.97. The number of nitrogens with zero attached hydrogens (tertiary/aromatic N) is 1. The van der Waals surface area contributed by atoms with Crippen molar-refractivity contribution < 1.29 is 9.18 Å². The summed E-state index contributed by atoms with van der Waals surface area (Å²) in [6.07, 6.45) is 0. The molecule has 1 aliphatic rings. The Morgan fingerprint density at radius 1 is 1.12 bits per heavy atom. The summed E-state index contributed by atoms with van der Waals surface area (Å²) in [5.74, 6) is 0.146. The zero-order chi connectivity index (χ0) is 16.9. The fraction of sp³-hybridized carbons (Fsp3) is 0.350. The maximum Gasteiger partial charge on any atom is 0.226 e. The van der Waals surface area contributed by atoms with Crippen molar-refractivity contribution in [2.75, 3.05) is 13.1 Å². The summed E-state index contributed by atoms with van der Waals surface area (Å²) < 4.78 is 14.0. The van der Waals surface area contributed by atoms with Crippen LogP contribution in [0.25, 0.3) is 0 Å². The Balaban J connectivity index is 0.00000225. The molecule has 25 heavy (non-hydrogen) atoms. The molecular formula is C20H24ClFN2O. The fourth-order valence-corrected chi connectivity index (χ4v) is 3.00. The maximum absolute atomic E-state index is 14.0. The third-order valence-electron chi connectivity index (χ3n) is 4.76. The molecule has 2 aromatic carbocycles. The highest BCUT2D eigenvalue weighted by molar-refractivity contribution is 5.85. The van der Waals surface area contributed by atoms with E-state index in [1.807, 2.05) is 43.3 Å². The number of hydrogen-bond acceptors (Lipinski definition) is 2. The van der Waals surface area contributed by atoms with Crippen LogP contribution in [-0.4, -0.2) is 23.9 Å². The molecule has 1 N–H and O–H groups in total. The van der Waals surface area contributed by atoms with Gasteiger partial charge in [-0.3, -0.25) is 4.79 Å². The topological polar surface area (TPSA) is 32.3 Å². The lowest BCUT2D eigenvalue weighted by molar-refractivity contribution is -0.138. The first-order chi connectivity index (χ1) is 11.6. The minimum Gasteiger partial charge on any atom is -0.334 e. The highest BCUT2D eigenvalue weighted by atomic mass is 35.5. The van der Waals surface area contributed by atoms with Gasteiger partial charge in [-0.2, -0.15) is 0 Å². The van der Waals surface area contributed by atoms with E-state index < -0.39 is 0 Å². The molecule has 2 aromatic rings. The van der Waals surface area contributed by atoms with Crippen molar-refractivity contribution in [1.82, 2.24) is 10.2 Å². The van der Waals surface area contributed by atoms with Crippen molar-refractivity contribution in [3.63, 3.8) is 0 Å². The standard InChI is InChI=1S/C20H23FN2O.ClH/c1-15(18-11-22-12-18)20(24)23(13-16-7-3-2-4-8-16)14-17-9-5-6-10-19(17)21;/h2-10,15,18,22H,11-14H2,1H3;1H. The minimum atomic E-state index is -0.263. The molecule has 0 aliphatic carbocycles. The molecule has 1 atom stereocenters. The van der Waals surface area contributed by atoms with E-state index in [4.69, 9.17) is 0 Å². The molecule has 1 heterocycles. The number of carbonyl (C=O) groups excluding carboxylic acids is 1. The van der Waals surface area contributed by atoms with Gasteiger partial charge in [0.05, 0.1) is 0 Å².